The molecule has 7 nitrogen and oxygen atoms in total. The van der Waals surface area contributed by atoms with Crippen LogP contribution >= 0.6 is 0 Å². The van der Waals surface area contributed by atoms with Crippen LogP contribution in [0, 0.1) is 6.92 Å². The van der Waals surface area contributed by atoms with E-state index >= 15 is 0 Å². The number of carbonyl (C=O) groups excluding carboxylic acids is 2. The number of hydroxylamine groups is 2. The van der Waals surface area contributed by atoms with Gasteiger partial charge in [0.05, 0.1) is 23.6 Å². The Morgan fingerprint density at radius 3 is 2.76 bits per heavy atom. The van der Waals surface area contributed by atoms with Gasteiger partial charge in [-0.05, 0) is 43.0 Å². The number of hydrogen-bond acceptors (Lipinski definition) is 4. The van der Waals surface area contributed by atoms with E-state index in [-0.39, 0.29) is 12.5 Å². The quantitative estimate of drug-likeness (QED) is 0.295. The summed E-state index contributed by atoms with van der Waals surface area (Å²) in [6.07, 6.45) is 2.66. The molecule has 0 unspecified atom stereocenters. The maximum Gasteiger partial charge on any atom is 0.251 e. The van der Waals surface area contributed by atoms with Gasteiger partial charge in [-0.15, -0.1) is 0 Å². The molecule has 0 aliphatic heterocycles. The average molecular weight is 394 g/mol. The van der Waals surface area contributed by atoms with Gasteiger partial charge in [0.25, 0.3) is 5.91 Å². The van der Waals surface area contributed by atoms with Crippen LogP contribution in [0.25, 0.3) is 11.0 Å². The van der Waals surface area contributed by atoms with E-state index in [1.54, 1.807) is 6.07 Å². The van der Waals surface area contributed by atoms with Crippen molar-refractivity contribution in [2.24, 2.45) is 0 Å². The molecule has 2 aromatic carbocycles. The van der Waals surface area contributed by atoms with Gasteiger partial charge in [0.1, 0.15) is 5.82 Å². The molecule has 0 saturated carbocycles. The number of imidazole rings is 1. The molecular weight excluding hydrogens is 368 g/mol. The summed E-state index contributed by atoms with van der Waals surface area (Å²) in [7, 11) is 0. The van der Waals surface area contributed by atoms with Crippen molar-refractivity contribution in [3.05, 3.63) is 65.0 Å². The molecule has 0 aliphatic carbocycles. The molecule has 3 rings (SSSR count). The van der Waals surface area contributed by atoms with E-state index in [0.29, 0.717) is 23.5 Å². The molecule has 3 aromatic rings. The first-order valence-electron chi connectivity index (χ1n) is 9.75. The molecule has 0 bridgehead atoms. The summed E-state index contributed by atoms with van der Waals surface area (Å²) in [5, 5.41) is 13.1. The molecule has 0 radical (unpaired) electrons. The van der Waals surface area contributed by atoms with Crippen molar-refractivity contribution in [2.75, 3.05) is 6.54 Å². The lowest BCUT2D eigenvalue weighted by Crippen LogP contribution is -2.44. The number of rotatable bonds is 9. The molecule has 3 N–H and O–H groups in total. The molecule has 152 valence electrons. The van der Waals surface area contributed by atoms with Crippen LogP contribution in [0.4, 0.5) is 0 Å². The smallest absolute Gasteiger partial charge is 0.251 e. The predicted octanol–water partition coefficient (Wildman–Crippen LogP) is 3.01. The highest BCUT2D eigenvalue weighted by Gasteiger charge is 2.18. The summed E-state index contributed by atoms with van der Waals surface area (Å²) in [4.78, 5) is 31.6. The summed E-state index contributed by atoms with van der Waals surface area (Å²) in [6.45, 7) is 4.02. The molecule has 2 amide bonds. The molecule has 7 heteroatoms. The van der Waals surface area contributed by atoms with Crippen LogP contribution in [0.15, 0.2) is 42.5 Å². The fourth-order valence-corrected chi connectivity index (χ4v) is 3.43. The van der Waals surface area contributed by atoms with E-state index in [1.807, 2.05) is 43.3 Å². The Morgan fingerprint density at radius 2 is 2.07 bits per heavy atom. The second-order valence-electron chi connectivity index (χ2n) is 7.21. The second-order valence-corrected chi connectivity index (χ2v) is 7.21. The fraction of sp³-hybridized carbons (Fsp3) is 0.318. The van der Waals surface area contributed by atoms with Crippen LogP contribution in [0.1, 0.15) is 40.7 Å². The van der Waals surface area contributed by atoms with Gasteiger partial charge < -0.3 is 10.3 Å². The van der Waals surface area contributed by atoms with Crippen molar-refractivity contribution >= 4 is 23.4 Å². The maximum atomic E-state index is 12.9. The minimum Gasteiger partial charge on any atom is -0.347 e. The minimum absolute atomic E-state index is 0.00390. The number of carbonyl (C=O) groups is 2. The number of hydrogen-bond donors (Lipinski definition) is 3. The summed E-state index contributed by atoms with van der Waals surface area (Å²) in [5.41, 5.74) is 4.13. The number of amides is 2. The zero-order chi connectivity index (χ0) is 20.8. The van der Waals surface area contributed by atoms with Crippen LogP contribution in [-0.4, -0.2) is 45.1 Å². The molecule has 0 spiro atoms. The average Bonchev–Trinajstić information content (AvgIpc) is 3.12. The third-order valence-electron chi connectivity index (χ3n) is 4.76. The van der Waals surface area contributed by atoms with E-state index in [4.69, 9.17) is 0 Å². The Morgan fingerprint density at radius 1 is 1.31 bits per heavy atom. The Bertz CT molecular complexity index is 984. The van der Waals surface area contributed by atoms with Crippen molar-refractivity contribution in [1.29, 1.82) is 0 Å². The van der Waals surface area contributed by atoms with Gasteiger partial charge in [-0.3, -0.25) is 14.8 Å². The van der Waals surface area contributed by atoms with Crippen LogP contribution in [0.5, 0.6) is 0 Å². The number of aromatic nitrogens is 2. The lowest BCUT2D eigenvalue weighted by atomic mass is 10.0. The molecule has 0 aliphatic rings. The number of benzene rings is 2. The largest absolute Gasteiger partial charge is 0.347 e. The van der Waals surface area contributed by atoms with Gasteiger partial charge in [-0.1, -0.05) is 37.3 Å². The highest BCUT2D eigenvalue weighted by molar-refractivity contribution is 5.98. The molecule has 1 heterocycles. The van der Waals surface area contributed by atoms with E-state index < -0.39 is 6.04 Å². The first-order chi connectivity index (χ1) is 14.0. The number of H-pyrrole nitrogens is 1. The van der Waals surface area contributed by atoms with Gasteiger partial charge in [-0.25, -0.2) is 10.0 Å². The lowest BCUT2D eigenvalue weighted by Gasteiger charge is -2.21. The number of nitrogens with one attached hydrogen (secondary N) is 2. The summed E-state index contributed by atoms with van der Waals surface area (Å²) in [6, 6.07) is 12.8. The van der Waals surface area contributed by atoms with Gasteiger partial charge in [0.15, 0.2) is 0 Å². The number of aromatic amines is 1. The highest BCUT2D eigenvalue weighted by Crippen LogP contribution is 2.19. The normalized spacial score (nSPS) is 12.0. The van der Waals surface area contributed by atoms with Crippen LogP contribution in [0.3, 0.4) is 0 Å². The summed E-state index contributed by atoms with van der Waals surface area (Å²) < 4.78 is 0. The zero-order valence-corrected chi connectivity index (χ0v) is 16.7. The first kappa shape index (κ1) is 20.5. The maximum absolute atomic E-state index is 12.9. The Labute approximate surface area is 169 Å². The Kier molecular flexibility index (Phi) is 6.61. The highest BCUT2D eigenvalue weighted by atomic mass is 16.5. The van der Waals surface area contributed by atoms with Gasteiger partial charge in [0, 0.05) is 12.0 Å². The van der Waals surface area contributed by atoms with Gasteiger partial charge in [-0.2, -0.15) is 0 Å². The molecule has 0 fully saturated rings. The van der Waals surface area contributed by atoms with E-state index in [0.717, 1.165) is 40.8 Å². The summed E-state index contributed by atoms with van der Waals surface area (Å²) in [5.74, 6) is 0.647. The van der Waals surface area contributed by atoms with Gasteiger partial charge >= 0.3 is 0 Å². The standard InChI is InChI=1S/C22H26N4O3/c1-3-7-20-24-19-12-17(10-15(2)21(19)25-20)22(28)23-18(13-26(29)14-27)11-16-8-5-4-6-9-16/h4-6,8-10,12,14,18,29H,3,7,11,13H2,1-2H3,(H,23,28)(H,24,25)/t18-/m1/s1. The molecule has 29 heavy (non-hydrogen) atoms. The lowest BCUT2D eigenvalue weighted by molar-refractivity contribution is -0.150. The molecule has 0 saturated heterocycles. The van der Waals surface area contributed by atoms with Gasteiger partial charge in [0.2, 0.25) is 6.41 Å². The Balaban J connectivity index is 1.81. The second kappa shape index (κ2) is 9.34. The van der Waals surface area contributed by atoms with Crippen molar-refractivity contribution in [2.45, 2.75) is 39.2 Å². The topological polar surface area (TPSA) is 98.3 Å². The van der Waals surface area contributed by atoms with Crippen molar-refractivity contribution in [3.63, 3.8) is 0 Å². The SMILES string of the molecule is CCCc1nc2c(C)cc(C(=O)N[C@H](Cc3ccccc3)CN(O)C=O)cc2[nH]1. The molecular formula is C22H26N4O3. The third kappa shape index (κ3) is 5.20. The van der Waals surface area contributed by atoms with E-state index in [9.17, 15) is 14.8 Å². The molecule has 1 atom stereocenters. The van der Waals surface area contributed by atoms with Crippen LogP contribution < -0.4 is 5.32 Å². The number of aryl methyl sites for hydroxylation is 2. The van der Waals surface area contributed by atoms with Crippen molar-refractivity contribution in [3.8, 4) is 0 Å². The predicted molar refractivity (Wildman–Crippen MR) is 111 cm³/mol. The van der Waals surface area contributed by atoms with Crippen molar-refractivity contribution < 1.29 is 14.8 Å². The fourth-order valence-electron chi connectivity index (χ4n) is 3.43. The Hall–Kier alpha value is -3.19. The zero-order valence-electron chi connectivity index (χ0n) is 16.7. The monoisotopic (exact) mass is 394 g/mol. The van der Waals surface area contributed by atoms with Crippen molar-refractivity contribution in [1.82, 2.24) is 20.3 Å². The van der Waals surface area contributed by atoms with E-state index in [2.05, 4.69) is 22.2 Å². The third-order valence-corrected chi connectivity index (χ3v) is 4.76. The minimum atomic E-state index is -0.437. The van der Waals surface area contributed by atoms with Crippen LogP contribution in [-0.2, 0) is 17.6 Å². The molecule has 1 aromatic heterocycles. The number of fused-ring (bicyclic) bond motifs is 1. The van der Waals surface area contributed by atoms with Crippen LogP contribution in [0.2, 0.25) is 0 Å². The number of nitrogens with zero attached hydrogens (tertiary/aromatic N) is 2. The van der Waals surface area contributed by atoms with E-state index in [1.165, 1.54) is 0 Å². The first-order valence-corrected chi connectivity index (χ1v) is 9.75. The summed E-state index contributed by atoms with van der Waals surface area (Å²) >= 11 is 0.